The molecule has 154 valence electrons. The largest absolute Gasteiger partial charge is 0.309 e. The SMILES string of the molecule is Brc1ccccc1N(c1ccc(-c2ccccc2)cc1)c1ccc(-c2ccccc2)cc1. The van der Waals surface area contributed by atoms with Gasteiger partial charge in [-0.3, -0.25) is 0 Å². The van der Waals surface area contributed by atoms with E-state index in [0.717, 1.165) is 21.5 Å². The number of rotatable bonds is 5. The average molecular weight is 476 g/mol. The highest BCUT2D eigenvalue weighted by atomic mass is 79.9. The van der Waals surface area contributed by atoms with Crippen molar-refractivity contribution in [2.75, 3.05) is 4.90 Å². The maximum Gasteiger partial charge on any atom is 0.0603 e. The van der Waals surface area contributed by atoms with E-state index in [1.165, 1.54) is 22.3 Å². The fourth-order valence-corrected chi connectivity index (χ4v) is 4.39. The molecular formula is C30H22BrN. The van der Waals surface area contributed by atoms with Crippen molar-refractivity contribution in [3.05, 3.63) is 138 Å². The summed E-state index contributed by atoms with van der Waals surface area (Å²) >= 11 is 3.75. The van der Waals surface area contributed by atoms with Crippen LogP contribution < -0.4 is 4.90 Å². The zero-order valence-corrected chi connectivity index (χ0v) is 19.1. The number of halogens is 1. The lowest BCUT2D eigenvalue weighted by atomic mass is 10.0. The van der Waals surface area contributed by atoms with E-state index in [1.807, 2.05) is 18.2 Å². The monoisotopic (exact) mass is 475 g/mol. The second-order valence-electron chi connectivity index (χ2n) is 7.61. The van der Waals surface area contributed by atoms with E-state index in [1.54, 1.807) is 0 Å². The fraction of sp³-hybridized carbons (Fsp3) is 0. The lowest BCUT2D eigenvalue weighted by Crippen LogP contribution is -2.10. The van der Waals surface area contributed by atoms with Crippen molar-refractivity contribution in [1.82, 2.24) is 0 Å². The summed E-state index contributed by atoms with van der Waals surface area (Å²) in [5.41, 5.74) is 8.19. The number of anilines is 3. The van der Waals surface area contributed by atoms with E-state index in [-0.39, 0.29) is 0 Å². The molecule has 0 spiro atoms. The molecule has 0 aliphatic rings. The van der Waals surface area contributed by atoms with Gasteiger partial charge in [0.05, 0.1) is 5.69 Å². The number of hydrogen-bond donors (Lipinski definition) is 0. The number of nitrogens with zero attached hydrogens (tertiary/aromatic N) is 1. The standard InChI is InChI=1S/C30H22BrN/c31-29-13-7-8-14-30(29)32(27-19-15-25(16-20-27)23-9-3-1-4-10-23)28-21-17-26(18-22-28)24-11-5-2-6-12-24/h1-22H. The van der Waals surface area contributed by atoms with Crippen LogP contribution in [0.15, 0.2) is 138 Å². The second kappa shape index (κ2) is 9.25. The molecule has 0 atom stereocenters. The minimum atomic E-state index is 1.05. The van der Waals surface area contributed by atoms with Crippen LogP contribution in [0.5, 0.6) is 0 Å². The van der Waals surface area contributed by atoms with Crippen molar-refractivity contribution in [1.29, 1.82) is 0 Å². The highest BCUT2D eigenvalue weighted by Gasteiger charge is 2.15. The van der Waals surface area contributed by atoms with Gasteiger partial charge in [0.2, 0.25) is 0 Å². The van der Waals surface area contributed by atoms with Crippen LogP contribution in [-0.4, -0.2) is 0 Å². The molecule has 5 aromatic carbocycles. The van der Waals surface area contributed by atoms with Gasteiger partial charge >= 0.3 is 0 Å². The van der Waals surface area contributed by atoms with Crippen LogP contribution in [0.1, 0.15) is 0 Å². The van der Waals surface area contributed by atoms with Gasteiger partial charge in [-0.05, 0) is 74.6 Å². The Morgan fingerprint density at radius 1 is 0.375 bits per heavy atom. The summed E-state index contributed by atoms with van der Waals surface area (Å²) in [6.07, 6.45) is 0. The molecular weight excluding hydrogens is 454 g/mol. The molecule has 0 aromatic heterocycles. The Morgan fingerprint density at radius 3 is 1.19 bits per heavy atom. The van der Waals surface area contributed by atoms with Gasteiger partial charge in [0.25, 0.3) is 0 Å². The molecule has 0 saturated carbocycles. The van der Waals surface area contributed by atoms with Crippen LogP contribution in [-0.2, 0) is 0 Å². The van der Waals surface area contributed by atoms with E-state index in [2.05, 4.69) is 136 Å². The average Bonchev–Trinajstić information content (AvgIpc) is 2.87. The molecule has 0 radical (unpaired) electrons. The first-order chi connectivity index (χ1) is 15.8. The first-order valence-corrected chi connectivity index (χ1v) is 11.4. The maximum absolute atomic E-state index is 3.75. The Labute approximate surface area is 197 Å². The van der Waals surface area contributed by atoms with Crippen LogP contribution >= 0.6 is 15.9 Å². The van der Waals surface area contributed by atoms with Gasteiger partial charge in [0.1, 0.15) is 0 Å². The van der Waals surface area contributed by atoms with E-state index in [9.17, 15) is 0 Å². The molecule has 0 N–H and O–H groups in total. The van der Waals surface area contributed by atoms with Gasteiger partial charge in [-0.25, -0.2) is 0 Å². The van der Waals surface area contributed by atoms with Crippen molar-refractivity contribution >= 4 is 33.0 Å². The molecule has 0 fully saturated rings. The minimum absolute atomic E-state index is 1.05. The summed E-state index contributed by atoms with van der Waals surface area (Å²) in [7, 11) is 0. The summed E-state index contributed by atoms with van der Waals surface area (Å²) in [4.78, 5) is 2.29. The second-order valence-corrected chi connectivity index (χ2v) is 8.47. The van der Waals surface area contributed by atoms with Gasteiger partial charge in [-0.2, -0.15) is 0 Å². The Hall–Kier alpha value is -3.62. The molecule has 0 aliphatic heterocycles. The van der Waals surface area contributed by atoms with Crippen LogP contribution in [0.25, 0.3) is 22.3 Å². The van der Waals surface area contributed by atoms with E-state index in [4.69, 9.17) is 0 Å². The number of para-hydroxylation sites is 1. The number of benzene rings is 5. The predicted octanol–water partition coefficient (Wildman–Crippen LogP) is 9.25. The normalized spacial score (nSPS) is 10.7. The Kier molecular flexibility index (Phi) is 5.87. The lowest BCUT2D eigenvalue weighted by Gasteiger charge is -2.27. The van der Waals surface area contributed by atoms with Gasteiger partial charge in [0, 0.05) is 15.8 Å². The summed E-state index contributed by atoms with van der Waals surface area (Å²) < 4.78 is 1.05. The van der Waals surface area contributed by atoms with Gasteiger partial charge in [-0.1, -0.05) is 97.1 Å². The zero-order chi connectivity index (χ0) is 21.8. The molecule has 0 bridgehead atoms. The zero-order valence-electron chi connectivity index (χ0n) is 17.5. The summed E-state index contributed by atoms with van der Waals surface area (Å²) in [6.45, 7) is 0. The third kappa shape index (κ3) is 4.23. The molecule has 1 nitrogen and oxygen atoms in total. The molecule has 0 heterocycles. The predicted molar refractivity (Wildman–Crippen MR) is 140 cm³/mol. The van der Waals surface area contributed by atoms with Crippen molar-refractivity contribution in [2.24, 2.45) is 0 Å². The molecule has 0 aliphatic carbocycles. The third-order valence-corrected chi connectivity index (χ3v) is 6.23. The summed E-state index contributed by atoms with van der Waals surface area (Å²) in [5.74, 6) is 0. The summed E-state index contributed by atoms with van der Waals surface area (Å²) in [6, 6.07) is 46.8. The van der Waals surface area contributed by atoms with Gasteiger partial charge in [-0.15, -0.1) is 0 Å². The van der Waals surface area contributed by atoms with Crippen molar-refractivity contribution in [2.45, 2.75) is 0 Å². The quantitative estimate of drug-likeness (QED) is 0.244. The van der Waals surface area contributed by atoms with Crippen LogP contribution in [0.4, 0.5) is 17.1 Å². The minimum Gasteiger partial charge on any atom is -0.309 e. The molecule has 2 heteroatoms. The first kappa shape index (κ1) is 20.3. The third-order valence-electron chi connectivity index (χ3n) is 5.56. The smallest absolute Gasteiger partial charge is 0.0603 e. The van der Waals surface area contributed by atoms with Crippen molar-refractivity contribution in [3.63, 3.8) is 0 Å². The lowest BCUT2D eigenvalue weighted by molar-refractivity contribution is 1.27. The Bertz CT molecular complexity index is 1210. The topological polar surface area (TPSA) is 3.24 Å². The maximum atomic E-state index is 3.75. The van der Waals surface area contributed by atoms with Crippen LogP contribution in [0, 0.1) is 0 Å². The molecule has 5 aromatic rings. The molecule has 0 amide bonds. The fourth-order valence-electron chi connectivity index (χ4n) is 3.93. The highest BCUT2D eigenvalue weighted by Crippen LogP contribution is 2.39. The first-order valence-electron chi connectivity index (χ1n) is 10.7. The Morgan fingerprint density at radius 2 is 0.750 bits per heavy atom. The van der Waals surface area contributed by atoms with Crippen molar-refractivity contribution in [3.8, 4) is 22.3 Å². The molecule has 0 unspecified atom stereocenters. The van der Waals surface area contributed by atoms with Crippen LogP contribution in [0.2, 0.25) is 0 Å². The molecule has 5 rings (SSSR count). The van der Waals surface area contributed by atoms with E-state index >= 15 is 0 Å². The van der Waals surface area contributed by atoms with Crippen LogP contribution in [0.3, 0.4) is 0 Å². The highest BCUT2D eigenvalue weighted by molar-refractivity contribution is 9.10. The van der Waals surface area contributed by atoms with Crippen molar-refractivity contribution < 1.29 is 0 Å². The van der Waals surface area contributed by atoms with E-state index in [0.29, 0.717) is 0 Å². The van der Waals surface area contributed by atoms with Gasteiger partial charge < -0.3 is 4.90 Å². The number of hydrogen-bond acceptors (Lipinski definition) is 1. The summed E-state index contributed by atoms with van der Waals surface area (Å²) in [5, 5.41) is 0. The van der Waals surface area contributed by atoms with E-state index < -0.39 is 0 Å². The Balaban J connectivity index is 1.55. The van der Waals surface area contributed by atoms with Gasteiger partial charge in [0.15, 0.2) is 0 Å². The molecule has 0 saturated heterocycles. The molecule has 32 heavy (non-hydrogen) atoms.